The van der Waals surface area contributed by atoms with Crippen molar-refractivity contribution in [1.82, 2.24) is 4.90 Å². The first-order chi connectivity index (χ1) is 8.54. The van der Waals surface area contributed by atoms with Crippen molar-refractivity contribution in [3.8, 4) is 0 Å². The Morgan fingerprint density at radius 3 is 2.78 bits per heavy atom. The second-order valence-electron chi connectivity index (χ2n) is 4.48. The van der Waals surface area contributed by atoms with Gasteiger partial charge in [0.05, 0.1) is 6.61 Å². The molecule has 0 spiro atoms. The Balaban J connectivity index is 2.15. The molecule has 100 valence electrons. The van der Waals surface area contributed by atoms with Crippen LogP contribution >= 0.6 is 0 Å². The average Bonchev–Trinajstić information content (AvgIpc) is 2.66. The van der Waals surface area contributed by atoms with Crippen molar-refractivity contribution in [2.45, 2.75) is 37.9 Å². The molecule has 0 aromatic rings. The zero-order chi connectivity index (χ0) is 13.3. The third-order valence-electron chi connectivity index (χ3n) is 3.18. The van der Waals surface area contributed by atoms with Gasteiger partial charge in [-0.2, -0.15) is 0 Å². The van der Waals surface area contributed by atoms with Gasteiger partial charge in [-0.1, -0.05) is 6.08 Å². The van der Waals surface area contributed by atoms with Crippen LogP contribution in [0.1, 0.15) is 13.3 Å². The van der Waals surface area contributed by atoms with Crippen LogP contribution in [-0.4, -0.2) is 57.1 Å². The maximum Gasteiger partial charge on any atom is 0.162 e. The molecule has 0 aliphatic carbocycles. The van der Waals surface area contributed by atoms with Gasteiger partial charge in [-0.15, -0.1) is 0 Å². The largest absolute Gasteiger partial charge is 0.394 e. The van der Waals surface area contributed by atoms with E-state index >= 15 is 0 Å². The molecule has 2 heterocycles. The quantitative estimate of drug-likeness (QED) is 0.606. The number of nitrogens with zero attached hydrogens (tertiary/aromatic N) is 1. The van der Waals surface area contributed by atoms with Crippen molar-refractivity contribution in [3.05, 3.63) is 24.0 Å². The molecule has 0 aromatic heterocycles. The van der Waals surface area contributed by atoms with Crippen LogP contribution in [0.25, 0.3) is 0 Å². The fourth-order valence-electron chi connectivity index (χ4n) is 2.10. The summed E-state index contributed by atoms with van der Waals surface area (Å²) in [5.74, 6) is -0.0453. The average molecular weight is 255 g/mol. The van der Waals surface area contributed by atoms with E-state index in [1.165, 1.54) is 6.92 Å². The lowest BCUT2D eigenvalue weighted by atomic mass is 10.1. The highest BCUT2D eigenvalue weighted by Gasteiger charge is 2.44. The van der Waals surface area contributed by atoms with E-state index < -0.39 is 24.5 Å². The van der Waals surface area contributed by atoms with Crippen LogP contribution in [0.2, 0.25) is 0 Å². The van der Waals surface area contributed by atoms with Crippen LogP contribution in [0.4, 0.5) is 0 Å². The second-order valence-corrected chi connectivity index (χ2v) is 4.48. The summed E-state index contributed by atoms with van der Waals surface area (Å²) in [6.45, 7) is 1.11. The topological polar surface area (TPSA) is 90.2 Å². The molecule has 2 aliphatic heterocycles. The lowest BCUT2D eigenvalue weighted by Gasteiger charge is -2.28. The summed E-state index contributed by atoms with van der Waals surface area (Å²) in [6.07, 6.45) is 1.75. The number of aliphatic hydroxyl groups is 3. The van der Waals surface area contributed by atoms with Crippen LogP contribution in [0.3, 0.4) is 0 Å². The molecule has 0 radical (unpaired) electrons. The van der Waals surface area contributed by atoms with Crippen molar-refractivity contribution < 1.29 is 24.9 Å². The third kappa shape index (κ3) is 2.32. The van der Waals surface area contributed by atoms with Crippen molar-refractivity contribution >= 4 is 5.78 Å². The summed E-state index contributed by atoms with van der Waals surface area (Å²) in [5.41, 5.74) is 0.607. The van der Waals surface area contributed by atoms with E-state index in [0.717, 1.165) is 0 Å². The fraction of sp³-hybridized carbons (Fsp3) is 0.583. The zero-order valence-corrected chi connectivity index (χ0v) is 10.1. The molecule has 6 heteroatoms. The molecule has 2 rings (SSSR count). The summed E-state index contributed by atoms with van der Waals surface area (Å²) in [6, 6.07) is 0. The Morgan fingerprint density at radius 2 is 2.22 bits per heavy atom. The predicted molar refractivity (Wildman–Crippen MR) is 62.1 cm³/mol. The molecule has 18 heavy (non-hydrogen) atoms. The van der Waals surface area contributed by atoms with Gasteiger partial charge in [-0.3, -0.25) is 4.79 Å². The molecule has 1 fully saturated rings. The number of allylic oxidation sites excluding steroid dienone is 2. The first-order valence-electron chi connectivity index (χ1n) is 5.82. The van der Waals surface area contributed by atoms with Crippen LogP contribution in [0, 0.1) is 0 Å². The van der Waals surface area contributed by atoms with E-state index in [9.17, 15) is 15.0 Å². The van der Waals surface area contributed by atoms with Crippen molar-refractivity contribution in [2.24, 2.45) is 0 Å². The minimum atomic E-state index is -1.13. The number of Topliss-reactive ketones (excluding diaryl/α,β-unsaturated/α-hetero) is 1. The van der Waals surface area contributed by atoms with Crippen LogP contribution < -0.4 is 0 Å². The lowest BCUT2D eigenvalue weighted by Crippen LogP contribution is -2.40. The highest BCUT2D eigenvalue weighted by Crippen LogP contribution is 2.27. The molecule has 3 N–H and O–H groups in total. The number of hydrogen-bond donors (Lipinski definition) is 3. The highest BCUT2D eigenvalue weighted by atomic mass is 16.6. The molecule has 0 bridgehead atoms. The third-order valence-corrected chi connectivity index (χ3v) is 3.18. The van der Waals surface area contributed by atoms with Crippen LogP contribution in [-0.2, 0) is 9.53 Å². The Labute approximate surface area is 105 Å². The van der Waals surface area contributed by atoms with Gasteiger partial charge in [-0.25, -0.2) is 0 Å². The van der Waals surface area contributed by atoms with E-state index in [4.69, 9.17) is 9.84 Å². The highest BCUT2D eigenvalue weighted by molar-refractivity contribution is 5.93. The molecule has 0 amide bonds. The van der Waals surface area contributed by atoms with Gasteiger partial charge in [0.25, 0.3) is 0 Å². The number of ketones is 1. The van der Waals surface area contributed by atoms with Crippen LogP contribution in [0.15, 0.2) is 24.0 Å². The van der Waals surface area contributed by atoms with Gasteiger partial charge >= 0.3 is 0 Å². The fourth-order valence-corrected chi connectivity index (χ4v) is 2.10. The molecule has 2 unspecified atom stereocenters. The summed E-state index contributed by atoms with van der Waals surface area (Å²) in [7, 11) is 0. The minimum Gasteiger partial charge on any atom is -0.394 e. The monoisotopic (exact) mass is 255 g/mol. The first kappa shape index (κ1) is 13.2. The molecule has 2 aliphatic rings. The van der Waals surface area contributed by atoms with E-state index in [1.807, 2.05) is 0 Å². The van der Waals surface area contributed by atoms with Crippen molar-refractivity contribution in [1.29, 1.82) is 0 Å². The lowest BCUT2D eigenvalue weighted by molar-refractivity contribution is -0.114. The summed E-state index contributed by atoms with van der Waals surface area (Å²) < 4.78 is 5.37. The standard InChI is InChI=1S/C12H17NO5/c1-7(15)8-3-2-4-13(5-8)12-11(17)10(16)9(6-14)18-12/h2,4-5,9-12,14,16-17H,3,6H2,1H3/t9-,10?,11?,12-/m1/s1. The molecule has 0 saturated carbocycles. The SMILES string of the molecule is CC(=O)C1=CN([C@@H]2O[C@H](CO)C(O)C2O)C=CC1. The molecular weight excluding hydrogens is 238 g/mol. The summed E-state index contributed by atoms with van der Waals surface area (Å²) in [5, 5.41) is 28.5. The number of carbonyl (C=O) groups is 1. The molecule has 6 nitrogen and oxygen atoms in total. The number of carbonyl (C=O) groups excluding carboxylic acids is 1. The second kappa shape index (κ2) is 5.19. The van der Waals surface area contributed by atoms with Crippen molar-refractivity contribution in [2.75, 3.05) is 6.61 Å². The summed E-state index contributed by atoms with van der Waals surface area (Å²) >= 11 is 0. The van der Waals surface area contributed by atoms with Crippen LogP contribution in [0.5, 0.6) is 0 Å². The van der Waals surface area contributed by atoms with Gasteiger partial charge in [0, 0.05) is 18.0 Å². The van der Waals surface area contributed by atoms with E-state index in [0.29, 0.717) is 12.0 Å². The Morgan fingerprint density at radius 1 is 1.50 bits per heavy atom. The Hall–Kier alpha value is -1.21. The van der Waals surface area contributed by atoms with E-state index in [2.05, 4.69) is 0 Å². The van der Waals surface area contributed by atoms with Gasteiger partial charge in [0.2, 0.25) is 0 Å². The number of aliphatic hydroxyl groups excluding tert-OH is 3. The van der Waals surface area contributed by atoms with Gasteiger partial charge in [0.1, 0.15) is 18.3 Å². The number of rotatable bonds is 3. The summed E-state index contributed by atoms with van der Waals surface area (Å²) in [4.78, 5) is 12.8. The zero-order valence-electron chi connectivity index (χ0n) is 10.1. The maximum atomic E-state index is 11.3. The number of ether oxygens (including phenoxy) is 1. The first-order valence-corrected chi connectivity index (χ1v) is 5.82. The van der Waals surface area contributed by atoms with Crippen molar-refractivity contribution in [3.63, 3.8) is 0 Å². The van der Waals surface area contributed by atoms with Gasteiger partial charge < -0.3 is 25.0 Å². The van der Waals surface area contributed by atoms with E-state index in [-0.39, 0.29) is 12.4 Å². The van der Waals surface area contributed by atoms with E-state index in [1.54, 1.807) is 23.4 Å². The predicted octanol–water partition coefficient (Wildman–Crippen LogP) is -0.882. The Kier molecular flexibility index (Phi) is 3.82. The molecular formula is C12H17NO5. The molecule has 4 atom stereocenters. The Bertz CT molecular complexity index is 392. The normalized spacial score (nSPS) is 35.8. The van der Waals surface area contributed by atoms with Gasteiger partial charge in [-0.05, 0) is 13.3 Å². The van der Waals surface area contributed by atoms with Gasteiger partial charge in [0.15, 0.2) is 12.0 Å². The smallest absolute Gasteiger partial charge is 0.162 e. The minimum absolute atomic E-state index is 0.0453. The molecule has 1 saturated heterocycles. The number of hydrogen-bond acceptors (Lipinski definition) is 6. The maximum absolute atomic E-state index is 11.3. The molecule has 0 aromatic carbocycles.